The van der Waals surface area contributed by atoms with Crippen molar-refractivity contribution in [3.63, 3.8) is 0 Å². The van der Waals surface area contributed by atoms with Gasteiger partial charge < -0.3 is 4.74 Å². The minimum Gasteiger partial charge on any atom is -0.456 e. The van der Waals surface area contributed by atoms with E-state index >= 15 is 0 Å². The number of ether oxygens (including phenoxy) is 1. The molecule has 1 heterocycles. The lowest BCUT2D eigenvalue weighted by molar-refractivity contribution is -0.153. The minimum absolute atomic E-state index is 0.170. The molecule has 10 heteroatoms. The topological polar surface area (TPSA) is 80.8 Å². The van der Waals surface area contributed by atoms with Crippen LogP contribution in [0.1, 0.15) is 48.4 Å². The third-order valence-corrected chi connectivity index (χ3v) is 5.84. The van der Waals surface area contributed by atoms with E-state index in [1.807, 2.05) is 0 Å². The third-order valence-electron chi connectivity index (χ3n) is 4.04. The van der Waals surface area contributed by atoms with Crippen LogP contribution in [0.3, 0.4) is 0 Å². The number of amides is 2. The first-order valence-corrected chi connectivity index (χ1v) is 9.25. The summed E-state index contributed by atoms with van der Waals surface area (Å²) in [4.78, 5) is 50.2. The summed E-state index contributed by atoms with van der Waals surface area (Å²) in [6.45, 7) is 5.84. The van der Waals surface area contributed by atoms with E-state index in [0.717, 1.165) is 0 Å². The zero-order chi connectivity index (χ0) is 20.8. The van der Waals surface area contributed by atoms with Crippen LogP contribution in [0.5, 0.6) is 0 Å². The fraction of sp³-hybridized carbons (Fsp3) is 0.412. The molecule has 0 unspecified atom stereocenters. The van der Waals surface area contributed by atoms with E-state index < -0.39 is 35.8 Å². The molecule has 27 heavy (non-hydrogen) atoms. The van der Waals surface area contributed by atoms with Gasteiger partial charge in [-0.1, -0.05) is 67.2 Å². The zero-order valence-corrected chi connectivity index (χ0v) is 17.8. The number of hydrogen-bond acceptors (Lipinski definition) is 5. The van der Waals surface area contributed by atoms with Crippen LogP contribution in [0.25, 0.3) is 0 Å². The fourth-order valence-electron chi connectivity index (χ4n) is 2.30. The van der Waals surface area contributed by atoms with Crippen molar-refractivity contribution >= 4 is 70.0 Å². The quantitative estimate of drug-likeness (QED) is 0.290. The molecule has 0 saturated heterocycles. The van der Waals surface area contributed by atoms with Crippen LogP contribution in [0.15, 0.2) is 0 Å². The van der Waals surface area contributed by atoms with E-state index in [9.17, 15) is 19.2 Å². The summed E-state index contributed by atoms with van der Waals surface area (Å²) in [6.07, 6.45) is 0. The Balaban J connectivity index is 2.30. The molecule has 1 aliphatic heterocycles. The molecule has 1 aromatic carbocycles. The van der Waals surface area contributed by atoms with Gasteiger partial charge in [0.2, 0.25) is 0 Å². The van der Waals surface area contributed by atoms with Crippen LogP contribution in [0, 0.1) is 5.41 Å². The highest BCUT2D eigenvalue weighted by atomic mass is 35.5. The number of carbonyl (C=O) groups is 4. The highest BCUT2D eigenvalue weighted by Crippen LogP contribution is 2.45. The molecule has 0 bridgehead atoms. The molecule has 146 valence electrons. The SMILES string of the molecule is C[C@@H](C(=O)OCC(=O)C(C)(C)C)N1C(=O)c2c(Cl)c(Cl)c(Cl)c(Cl)c2C1=O. The van der Waals surface area contributed by atoms with E-state index in [4.69, 9.17) is 51.1 Å². The molecule has 0 aliphatic carbocycles. The summed E-state index contributed by atoms with van der Waals surface area (Å²) in [6, 6.07) is -1.31. The molecule has 0 radical (unpaired) electrons. The molecule has 2 amide bonds. The van der Waals surface area contributed by atoms with Crippen molar-refractivity contribution in [3.05, 3.63) is 31.2 Å². The number of carbonyl (C=O) groups excluding carboxylic acids is 4. The van der Waals surface area contributed by atoms with Gasteiger partial charge in [-0.3, -0.25) is 19.3 Å². The van der Waals surface area contributed by atoms with Gasteiger partial charge in [0.25, 0.3) is 11.8 Å². The molecule has 0 aromatic heterocycles. The first kappa shape index (κ1) is 22.0. The molecule has 0 saturated carbocycles. The summed E-state index contributed by atoms with van der Waals surface area (Å²) in [5.41, 5.74) is -1.16. The maximum absolute atomic E-state index is 12.7. The molecular formula is C17H15Cl4NO5. The lowest BCUT2D eigenvalue weighted by atomic mass is 9.91. The summed E-state index contributed by atoms with van der Waals surface area (Å²) >= 11 is 24.0. The largest absolute Gasteiger partial charge is 0.456 e. The highest BCUT2D eigenvalue weighted by molar-refractivity contribution is 6.55. The Morgan fingerprint density at radius 1 is 0.926 bits per heavy atom. The molecular weight excluding hydrogens is 440 g/mol. The molecule has 1 atom stereocenters. The van der Waals surface area contributed by atoms with Crippen LogP contribution in [-0.4, -0.2) is 41.1 Å². The number of ketones is 1. The number of fused-ring (bicyclic) bond motifs is 1. The van der Waals surface area contributed by atoms with E-state index in [1.54, 1.807) is 20.8 Å². The third kappa shape index (κ3) is 3.81. The Hall–Kier alpha value is -1.34. The van der Waals surface area contributed by atoms with Crippen LogP contribution in [-0.2, 0) is 14.3 Å². The second-order valence-electron chi connectivity index (χ2n) is 6.94. The van der Waals surface area contributed by atoms with Crippen LogP contribution in [0.2, 0.25) is 20.1 Å². The van der Waals surface area contributed by atoms with E-state index in [-0.39, 0.29) is 37.0 Å². The van der Waals surface area contributed by atoms with Crippen molar-refractivity contribution in [1.29, 1.82) is 0 Å². The second kappa shape index (κ2) is 7.59. The number of imide groups is 1. The molecule has 2 rings (SSSR count). The van der Waals surface area contributed by atoms with Gasteiger partial charge in [-0.2, -0.15) is 0 Å². The van der Waals surface area contributed by atoms with E-state index in [0.29, 0.717) is 4.90 Å². The van der Waals surface area contributed by atoms with Crippen LogP contribution < -0.4 is 0 Å². The summed E-state index contributed by atoms with van der Waals surface area (Å²) in [7, 11) is 0. The van der Waals surface area contributed by atoms with Crippen molar-refractivity contribution in [2.75, 3.05) is 6.61 Å². The lowest BCUT2D eigenvalue weighted by Crippen LogP contribution is -2.44. The monoisotopic (exact) mass is 453 g/mol. The molecule has 0 spiro atoms. The lowest BCUT2D eigenvalue weighted by Gasteiger charge is -2.22. The number of benzene rings is 1. The first-order chi connectivity index (χ1) is 12.3. The highest BCUT2D eigenvalue weighted by Gasteiger charge is 2.45. The Morgan fingerprint density at radius 3 is 1.70 bits per heavy atom. The Kier molecular flexibility index (Phi) is 6.17. The van der Waals surface area contributed by atoms with Gasteiger partial charge in [-0.05, 0) is 6.92 Å². The smallest absolute Gasteiger partial charge is 0.329 e. The minimum atomic E-state index is -1.31. The van der Waals surface area contributed by atoms with Gasteiger partial charge >= 0.3 is 5.97 Å². The Bertz CT molecular complexity index is 828. The van der Waals surface area contributed by atoms with Crippen LogP contribution >= 0.6 is 46.4 Å². The Labute approximate surface area is 175 Å². The van der Waals surface area contributed by atoms with Gasteiger partial charge in [0.05, 0.1) is 31.2 Å². The van der Waals surface area contributed by atoms with E-state index in [2.05, 4.69) is 0 Å². The second-order valence-corrected chi connectivity index (χ2v) is 8.45. The number of hydrogen-bond donors (Lipinski definition) is 0. The molecule has 1 aliphatic rings. The van der Waals surface area contributed by atoms with Crippen molar-refractivity contribution in [2.45, 2.75) is 33.7 Å². The van der Waals surface area contributed by atoms with Crippen LogP contribution in [0.4, 0.5) is 0 Å². The molecule has 6 nitrogen and oxygen atoms in total. The van der Waals surface area contributed by atoms with E-state index in [1.165, 1.54) is 6.92 Å². The molecule has 1 aromatic rings. The van der Waals surface area contributed by atoms with Gasteiger partial charge in [0.1, 0.15) is 6.04 Å². The van der Waals surface area contributed by atoms with Gasteiger partial charge in [0.15, 0.2) is 12.4 Å². The standard InChI is InChI=1S/C17H15Cl4NO5/c1-6(16(26)27-5-7(23)17(2,3)4)22-14(24)8-9(15(22)25)11(19)13(21)12(20)10(8)18/h6H,5H2,1-4H3/t6-/m0/s1. The number of esters is 1. The average Bonchev–Trinajstić information content (AvgIpc) is 2.84. The molecule has 0 N–H and O–H groups in total. The summed E-state index contributed by atoms with van der Waals surface area (Å²) in [5.74, 6) is -2.94. The summed E-state index contributed by atoms with van der Waals surface area (Å²) < 4.78 is 4.96. The predicted molar refractivity (Wildman–Crippen MR) is 102 cm³/mol. The maximum atomic E-state index is 12.7. The van der Waals surface area contributed by atoms with Crippen molar-refractivity contribution in [3.8, 4) is 0 Å². The maximum Gasteiger partial charge on any atom is 0.329 e. The average molecular weight is 455 g/mol. The zero-order valence-electron chi connectivity index (χ0n) is 14.8. The van der Waals surface area contributed by atoms with Gasteiger partial charge in [-0.25, -0.2) is 4.79 Å². The van der Waals surface area contributed by atoms with Crippen molar-refractivity contribution in [2.24, 2.45) is 5.41 Å². The van der Waals surface area contributed by atoms with Crippen molar-refractivity contribution < 1.29 is 23.9 Å². The molecule has 0 fully saturated rings. The summed E-state index contributed by atoms with van der Waals surface area (Å²) in [5, 5.41) is -0.803. The number of rotatable bonds is 4. The first-order valence-electron chi connectivity index (χ1n) is 7.74. The number of halogens is 4. The normalized spacial score (nSPS) is 15.0. The van der Waals surface area contributed by atoms with Gasteiger partial charge in [-0.15, -0.1) is 0 Å². The fourth-order valence-corrected chi connectivity index (χ4v) is 3.31. The van der Waals surface area contributed by atoms with Crippen molar-refractivity contribution in [1.82, 2.24) is 4.90 Å². The number of Topliss-reactive ketones (excluding diaryl/α,β-unsaturated/α-hetero) is 1. The van der Waals surface area contributed by atoms with Gasteiger partial charge in [0, 0.05) is 5.41 Å². The predicted octanol–water partition coefficient (Wildman–Crippen LogP) is 4.44. The number of nitrogens with zero attached hydrogens (tertiary/aromatic N) is 1. The Morgan fingerprint density at radius 2 is 1.33 bits per heavy atom.